The average Bonchev–Trinajstić information content (AvgIpc) is 2.55. The van der Waals surface area contributed by atoms with Crippen LogP contribution in [0.3, 0.4) is 0 Å². The minimum Gasteiger partial charge on any atom is -0.496 e. The highest BCUT2D eigenvalue weighted by Crippen LogP contribution is 2.28. The summed E-state index contributed by atoms with van der Waals surface area (Å²) in [4.78, 5) is 23.3. The molecule has 0 spiro atoms. The molecule has 1 unspecified atom stereocenters. The second-order valence-corrected chi connectivity index (χ2v) is 6.05. The van der Waals surface area contributed by atoms with Crippen molar-refractivity contribution in [3.05, 3.63) is 29.3 Å². The molecule has 2 N–H and O–H groups in total. The summed E-state index contributed by atoms with van der Waals surface area (Å²) in [5.41, 5.74) is 0.583. The monoisotopic (exact) mass is 321 g/mol. The molecule has 1 aliphatic heterocycles. The Morgan fingerprint density at radius 3 is 2.83 bits per heavy atom. The lowest BCUT2D eigenvalue weighted by atomic mass is 9.84. The van der Waals surface area contributed by atoms with Crippen LogP contribution in [0, 0.1) is 5.41 Å². The molecule has 2 rings (SSSR count). The molecule has 1 aromatic carbocycles. The first kappa shape index (κ1) is 17.3. The predicted molar refractivity (Wildman–Crippen MR) is 84.8 cm³/mol. The molecule has 6 heteroatoms. The van der Waals surface area contributed by atoms with Crippen molar-refractivity contribution in [2.24, 2.45) is 5.41 Å². The molecule has 1 heterocycles. The number of carbonyl (C=O) groups excluding carboxylic acids is 1. The fourth-order valence-electron chi connectivity index (χ4n) is 2.72. The van der Waals surface area contributed by atoms with Crippen LogP contribution in [0.25, 0.3) is 0 Å². The van der Waals surface area contributed by atoms with Crippen LogP contribution < -0.4 is 10.1 Å². The van der Waals surface area contributed by atoms with Gasteiger partial charge in [0.2, 0.25) is 5.91 Å². The van der Waals surface area contributed by atoms with E-state index < -0.39 is 11.4 Å². The summed E-state index contributed by atoms with van der Waals surface area (Å²) in [6, 6.07) is 4.76. The molecular weight excluding hydrogens is 298 g/mol. The Hall–Kier alpha value is -2.08. The van der Waals surface area contributed by atoms with Crippen molar-refractivity contribution in [2.75, 3.05) is 26.9 Å². The maximum Gasteiger partial charge on any atom is 0.335 e. The Bertz CT molecular complexity index is 578. The standard InChI is InChI=1S/C17H23NO5/c1-17(7-3-9-23-11-17)16(21)18-8-6-12-4-5-13(15(19)20)10-14(12)22-2/h4-5,10H,3,6-9,11H2,1-2H3,(H,18,21)(H,19,20). The van der Waals surface area contributed by atoms with Gasteiger partial charge in [-0.15, -0.1) is 0 Å². The Kier molecular flexibility index (Phi) is 5.60. The van der Waals surface area contributed by atoms with E-state index in [1.807, 2.05) is 6.92 Å². The van der Waals surface area contributed by atoms with Gasteiger partial charge in [-0.3, -0.25) is 4.79 Å². The van der Waals surface area contributed by atoms with Crippen molar-refractivity contribution in [1.82, 2.24) is 5.32 Å². The van der Waals surface area contributed by atoms with Crippen LogP contribution in [0.2, 0.25) is 0 Å². The Balaban J connectivity index is 1.93. The summed E-state index contributed by atoms with van der Waals surface area (Å²) < 4.78 is 10.6. The number of carboxylic acids is 1. The number of amides is 1. The molecule has 0 aliphatic carbocycles. The zero-order valence-electron chi connectivity index (χ0n) is 13.6. The fourth-order valence-corrected chi connectivity index (χ4v) is 2.72. The van der Waals surface area contributed by atoms with E-state index in [2.05, 4.69) is 5.32 Å². The van der Waals surface area contributed by atoms with E-state index in [-0.39, 0.29) is 11.5 Å². The first-order valence-electron chi connectivity index (χ1n) is 7.72. The van der Waals surface area contributed by atoms with Gasteiger partial charge in [0, 0.05) is 13.2 Å². The highest BCUT2D eigenvalue weighted by molar-refractivity contribution is 5.88. The van der Waals surface area contributed by atoms with Crippen LogP contribution in [-0.2, 0) is 16.0 Å². The second kappa shape index (κ2) is 7.46. The van der Waals surface area contributed by atoms with Crippen LogP contribution in [0.1, 0.15) is 35.7 Å². The van der Waals surface area contributed by atoms with E-state index in [1.165, 1.54) is 19.2 Å². The number of hydrogen-bond donors (Lipinski definition) is 2. The Labute approximate surface area is 135 Å². The van der Waals surface area contributed by atoms with Crippen molar-refractivity contribution in [1.29, 1.82) is 0 Å². The van der Waals surface area contributed by atoms with Gasteiger partial charge in [-0.25, -0.2) is 4.79 Å². The van der Waals surface area contributed by atoms with Crippen molar-refractivity contribution >= 4 is 11.9 Å². The molecule has 1 aliphatic rings. The highest BCUT2D eigenvalue weighted by Gasteiger charge is 2.35. The quantitative estimate of drug-likeness (QED) is 0.835. The van der Waals surface area contributed by atoms with Gasteiger partial charge < -0.3 is 19.9 Å². The van der Waals surface area contributed by atoms with Gasteiger partial charge >= 0.3 is 5.97 Å². The van der Waals surface area contributed by atoms with Crippen LogP contribution >= 0.6 is 0 Å². The zero-order valence-corrected chi connectivity index (χ0v) is 13.6. The lowest BCUT2D eigenvalue weighted by Gasteiger charge is -2.31. The molecule has 1 saturated heterocycles. The number of carboxylic acid groups (broad SMARTS) is 1. The van der Waals surface area contributed by atoms with Gasteiger partial charge in [-0.05, 0) is 43.9 Å². The maximum atomic E-state index is 12.3. The second-order valence-electron chi connectivity index (χ2n) is 6.05. The van der Waals surface area contributed by atoms with E-state index >= 15 is 0 Å². The van der Waals surface area contributed by atoms with Crippen LogP contribution in [0.15, 0.2) is 18.2 Å². The van der Waals surface area contributed by atoms with E-state index in [4.69, 9.17) is 14.6 Å². The lowest BCUT2D eigenvalue weighted by molar-refractivity contribution is -0.137. The number of ether oxygens (including phenoxy) is 2. The molecule has 0 aromatic heterocycles. The number of rotatable bonds is 6. The molecule has 1 atom stereocenters. The fraction of sp³-hybridized carbons (Fsp3) is 0.529. The average molecular weight is 321 g/mol. The molecule has 1 aromatic rings. The van der Waals surface area contributed by atoms with Crippen molar-refractivity contribution in [3.8, 4) is 5.75 Å². The SMILES string of the molecule is COc1cc(C(=O)O)ccc1CCNC(=O)C1(C)CCCOC1. The number of aromatic carboxylic acids is 1. The largest absolute Gasteiger partial charge is 0.496 e. The number of nitrogens with one attached hydrogen (secondary N) is 1. The number of carbonyl (C=O) groups is 2. The molecule has 1 fully saturated rings. The highest BCUT2D eigenvalue weighted by atomic mass is 16.5. The zero-order chi connectivity index (χ0) is 16.9. The van der Waals surface area contributed by atoms with Crippen LogP contribution in [0.4, 0.5) is 0 Å². The molecule has 0 bridgehead atoms. The van der Waals surface area contributed by atoms with Gasteiger partial charge in [0.1, 0.15) is 5.75 Å². The van der Waals surface area contributed by atoms with Crippen molar-refractivity contribution in [2.45, 2.75) is 26.2 Å². The Morgan fingerprint density at radius 2 is 2.22 bits per heavy atom. The van der Waals surface area contributed by atoms with E-state index in [0.717, 1.165) is 25.0 Å². The molecule has 0 radical (unpaired) electrons. The summed E-state index contributed by atoms with van der Waals surface area (Å²) in [5.74, 6) is -0.474. The molecule has 23 heavy (non-hydrogen) atoms. The van der Waals surface area contributed by atoms with Crippen LogP contribution in [0.5, 0.6) is 5.75 Å². The third-order valence-electron chi connectivity index (χ3n) is 4.20. The van der Waals surface area contributed by atoms with E-state index in [9.17, 15) is 9.59 Å². The van der Waals surface area contributed by atoms with Gasteiger partial charge in [0.25, 0.3) is 0 Å². The van der Waals surface area contributed by atoms with Gasteiger partial charge in [0.15, 0.2) is 0 Å². The van der Waals surface area contributed by atoms with Crippen molar-refractivity contribution in [3.63, 3.8) is 0 Å². The smallest absolute Gasteiger partial charge is 0.335 e. The number of hydrogen-bond acceptors (Lipinski definition) is 4. The normalized spacial score (nSPS) is 20.8. The lowest BCUT2D eigenvalue weighted by Crippen LogP contribution is -2.44. The molecule has 6 nitrogen and oxygen atoms in total. The molecule has 1 amide bonds. The minimum atomic E-state index is -0.992. The summed E-state index contributed by atoms with van der Waals surface area (Å²) in [5, 5.41) is 11.9. The first-order valence-corrected chi connectivity index (χ1v) is 7.72. The molecule has 126 valence electrons. The number of methoxy groups -OCH3 is 1. The predicted octanol–water partition coefficient (Wildman–Crippen LogP) is 1.87. The topological polar surface area (TPSA) is 84.9 Å². The van der Waals surface area contributed by atoms with Crippen molar-refractivity contribution < 1.29 is 24.2 Å². The third kappa shape index (κ3) is 4.22. The number of benzene rings is 1. The van der Waals surface area contributed by atoms with E-state index in [1.54, 1.807) is 6.07 Å². The Morgan fingerprint density at radius 1 is 1.43 bits per heavy atom. The summed E-state index contributed by atoms with van der Waals surface area (Å²) in [6.07, 6.45) is 2.30. The first-order chi connectivity index (χ1) is 11.0. The molecule has 0 saturated carbocycles. The van der Waals surface area contributed by atoms with Crippen LogP contribution in [-0.4, -0.2) is 43.9 Å². The van der Waals surface area contributed by atoms with E-state index in [0.29, 0.717) is 25.3 Å². The summed E-state index contributed by atoms with van der Waals surface area (Å²) in [6.45, 7) is 3.56. The van der Waals surface area contributed by atoms with Gasteiger partial charge in [-0.1, -0.05) is 6.07 Å². The van der Waals surface area contributed by atoms with Gasteiger partial charge in [0.05, 0.1) is 24.7 Å². The summed E-state index contributed by atoms with van der Waals surface area (Å²) >= 11 is 0. The minimum absolute atomic E-state index is 0.00155. The maximum absolute atomic E-state index is 12.3. The van der Waals surface area contributed by atoms with Gasteiger partial charge in [-0.2, -0.15) is 0 Å². The summed E-state index contributed by atoms with van der Waals surface area (Å²) in [7, 11) is 1.50. The third-order valence-corrected chi connectivity index (χ3v) is 4.20. The molecular formula is C17H23NO5.